The number of hydrogen-bond acceptors (Lipinski definition) is 5. The van der Waals surface area contributed by atoms with Gasteiger partial charge < -0.3 is 4.74 Å². The van der Waals surface area contributed by atoms with Crippen LogP contribution in [-0.4, -0.2) is 41.9 Å². The molecule has 10 heteroatoms. The van der Waals surface area contributed by atoms with Crippen molar-refractivity contribution in [3.63, 3.8) is 0 Å². The van der Waals surface area contributed by atoms with Crippen LogP contribution in [0.3, 0.4) is 0 Å². The molecule has 0 amide bonds. The highest BCUT2D eigenvalue weighted by Crippen LogP contribution is 2.27. The quantitative estimate of drug-likeness (QED) is 0.787. The molecule has 6 nitrogen and oxygen atoms in total. The average molecular weight is 387 g/mol. The second kappa shape index (κ2) is 7.20. The van der Waals surface area contributed by atoms with Gasteiger partial charge in [0.05, 0.1) is 12.2 Å². The molecular weight excluding hydrogens is 371 g/mol. The minimum Gasteiger partial charge on any atom is -0.471 e. The molecule has 1 aliphatic rings. The van der Waals surface area contributed by atoms with Gasteiger partial charge in [-0.1, -0.05) is 13.0 Å². The molecule has 26 heavy (non-hydrogen) atoms. The van der Waals surface area contributed by atoms with Gasteiger partial charge in [0.25, 0.3) is 5.88 Å². The summed E-state index contributed by atoms with van der Waals surface area (Å²) in [5.41, 5.74) is 0.186. The molecule has 2 aromatic rings. The van der Waals surface area contributed by atoms with Gasteiger partial charge in [0.2, 0.25) is 15.8 Å². The lowest BCUT2D eigenvalue weighted by Crippen LogP contribution is -2.32. The molecule has 0 bridgehead atoms. The first-order chi connectivity index (χ1) is 12.3. The zero-order valence-corrected chi connectivity index (χ0v) is 14.6. The molecule has 3 rings (SSSR count). The summed E-state index contributed by atoms with van der Waals surface area (Å²) >= 11 is 0. The molecule has 1 aliphatic heterocycles. The maximum atomic E-state index is 14.1. The third-order valence-corrected chi connectivity index (χ3v) is 5.98. The molecule has 2 heterocycles. The van der Waals surface area contributed by atoms with Gasteiger partial charge in [0.1, 0.15) is 24.1 Å². The number of halogens is 3. The summed E-state index contributed by atoms with van der Waals surface area (Å²) in [6.45, 7) is 1.55. The topological polar surface area (TPSA) is 72.4 Å². The van der Waals surface area contributed by atoms with Crippen LogP contribution in [0.15, 0.2) is 29.4 Å². The Hall–Kier alpha value is -2.20. The van der Waals surface area contributed by atoms with Crippen LogP contribution in [0.25, 0.3) is 0 Å². The molecule has 0 radical (unpaired) electrons. The van der Waals surface area contributed by atoms with E-state index in [0.717, 1.165) is 28.8 Å². The Morgan fingerprint density at radius 3 is 2.58 bits per heavy atom. The summed E-state index contributed by atoms with van der Waals surface area (Å²) in [7, 11) is -4.37. The van der Waals surface area contributed by atoms with Gasteiger partial charge in [0.15, 0.2) is 4.90 Å². The molecule has 1 atom stereocenters. The average Bonchev–Trinajstić information content (AvgIpc) is 3.06. The van der Waals surface area contributed by atoms with Crippen molar-refractivity contribution >= 4 is 10.0 Å². The summed E-state index contributed by atoms with van der Waals surface area (Å²) in [5, 5.41) is 0. The number of hydrogen-bond donors (Lipinski definition) is 0. The number of nitrogens with zero attached hydrogens (tertiary/aromatic N) is 3. The van der Waals surface area contributed by atoms with E-state index in [0.29, 0.717) is 6.42 Å². The van der Waals surface area contributed by atoms with Gasteiger partial charge in [0, 0.05) is 6.54 Å². The normalized spacial score (nSPS) is 18.2. The van der Waals surface area contributed by atoms with Crippen molar-refractivity contribution in [3.8, 4) is 5.88 Å². The van der Waals surface area contributed by atoms with Gasteiger partial charge in [-0.3, -0.25) is 0 Å². The molecule has 1 aromatic carbocycles. The molecule has 1 unspecified atom stereocenters. The molecule has 0 spiro atoms. The van der Waals surface area contributed by atoms with Crippen LogP contribution >= 0.6 is 0 Å². The molecule has 140 valence electrons. The number of benzene rings is 1. The van der Waals surface area contributed by atoms with Crippen LogP contribution < -0.4 is 4.74 Å². The smallest absolute Gasteiger partial charge is 0.254 e. The Morgan fingerprint density at radius 2 is 1.92 bits per heavy atom. The van der Waals surface area contributed by atoms with Crippen LogP contribution in [-0.2, 0) is 16.4 Å². The van der Waals surface area contributed by atoms with Crippen molar-refractivity contribution in [3.05, 3.63) is 47.7 Å². The third-order valence-electron chi connectivity index (χ3n) is 4.07. The number of sulfonamides is 1. The van der Waals surface area contributed by atoms with E-state index in [1.165, 1.54) is 0 Å². The predicted molar refractivity (Wildman–Crippen MR) is 85.5 cm³/mol. The summed E-state index contributed by atoms with van der Waals surface area (Å²) in [6.07, 6.45) is 1.06. The third kappa shape index (κ3) is 3.38. The molecule has 1 fully saturated rings. The van der Waals surface area contributed by atoms with Crippen molar-refractivity contribution in [1.29, 1.82) is 0 Å². The van der Waals surface area contributed by atoms with E-state index in [1.54, 1.807) is 6.92 Å². The summed E-state index contributed by atoms with van der Waals surface area (Å²) in [6, 6.07) is 2.84. The first kappa shape index (κ1) is 18.6. The van der Waals surface area contributed by atoms with Crippen LogP contribution in [0.5, 0.6) is 5.88 Å². The van der Waals surface area contributed by atoms with Gasteiger partial charge in [-0.15, -0.1) is 0 Å². The summed E-state index contributed by atoms with van der Waals surface area (Å²) in [5.74, 6) is -3.29. The highest BCUT2D eigenvalue weighted by Gasteiger charge is 2.37. The van der Waals surface area contributed by atoms with Gasteiger partial charge >= 0.3 is 0 Å². The summed E-state index contributed by atoms with van der Waals surface area (Å²) < 4.78 is 73.3. The van der Waals surface area contributed by atoms with E-state index in [9.17, 15) is 21.6 Å². The maximum Gasteiger partial charge on any atom is 0.254 e. The highest BCUT2D eigenvalue weighted by atomic mass is 32.2. The second-order valence-corrected chi connectivity index (χ2v) is 7.61. The number of aryl methyl sites for hydroxylation is 1. The molecule has 0 N–H and O–H groups in total. The fraction of sp³-hybridized carbons (Fsp3) is 0.375. The Kier molecular flexibility index (Phi) is 5.15. The van der Waals surface area contributed by atoms with Crippen LogP contribution in [0.4, 0.5) is 13.2 Å². The Morgan fingerprint density at radius 1 is 1.23 bits per heavy atom. The first-order valence-electron chi connectivity index (χ1n) is 7.94. The van der Waals surface area contributed by atoms with E-state index >= 15 is 0 Å². The molecular formula is C16H16F3N3O3S. The Bertz CT molecular complexity index is 904. The van der Waals surface area contributed by atoms with Crippen molar-refractivity contribution in [2.24, 2.45) is 0 Å². The number of aromatic nitrogens is 2. The van der Waals surface area contributed by atoms with E-state index in [2.05, 4.69) is 9.97 Å². The van der Waals surface area contributed by atoms with E-state index in [-0.39, 0.29) is 31.1 Å². The zero-order chi connectivity index (χ0) is 18.9. The lowest BCUT2D eigenvalue weighted by Gasteiger charge is -2.18. The SMILES string of the molecule is CCc1ncnc(OC2CCN(S(=O)(=O)c3c(F)cccc3F)C2)c1F. The number of ether oxygens (including phenoxy) is 1. The van der Waals surface area contributed by atoms with Crippen LogP contribution in [0.2, 0.25) is 0 Å². The van der Waals surface area contributed by atoms with Gasteiger partial charge in [-0.2, -0.15) is 13.7 Å². The van der Waals surface area contributed by atoms with E-state index < -0.39 is 38.5 Å². The number of rotatable bonds is 5. The minimum absolute atomic E-state index is 0.00584. The highest BCUT2D eigenvalue weighted by molar-refractivity contribution is 7.89. The molecule has 1 saturated heterocycles. The van der Waals surface area contributed by atoms with E-state index in [4.69, 9.17) is 4.74 Å². The first-order valence-corrected chi connectivity index (χ1v) is 9.38. The summed E-state index contributed by atoms with van der Waals surface area (Å²) in [4.78, 5) is 6.52. The van der Waals surface area contributed by atoms with Crippen molar-refractivity contribution in [2.75, 3.05) is 13.1 Å². The predicted octanol–water partition coefficient (Wildman–Crippen LogP) is 2.30. The van der Waals surface area contributed by atoms with Crippen molar-refractivity contribution in [1.82, 2.24) is 14.3 Å². The Labute approximate surface area is 148 Å². The fourth-order valence-corrected chi connectivity index (χ4v) is 4.34. The molecule has 1 aromatic heterocycles. The standard InChI is InChI=1S/C16H16F3N3O3S/c1-2-13-14(19)16(21-9-20-13)25-10-6-7-22(8-10)26(23,24)15-11(17)4-3-5-12(15)18/h3-5,9-10H,2,6-8H2,1H3. The van der Waals surface area contributed by atoms with Gasteiger partial charge in [-0.25, -0.2) is 22.2 Å². The lowest BCUT2D eigenvalue weighted by atomic mass is 10.3. The molecule has 0 aliphatic carbocycles. The van der Waals surface area contributed by atoms with Crippen molar-refractivity contribution < 1.29 is 26.3 Å². The van der Waals surface area contributed by atoms with Crippen LogP contribution in [0, 0.1) is 17.5 Å². The minimum atomic E-state index is -4.37. The van der Waals surface area contributed by atoms with E-state index in [1.807, 2.05) is 0 Å². The lowest BCUT2D eigenvalue weighted by molar-refractivity contribution is 0.195. The Balaban J connectivity index is 1.79. The fourth-order valence-electron chi connectivity index (χ4n) is 2.74. The monoisotopic (exact) mass is 387 g/mol. The van der Waals surface area contributed by atoms with Crippen molar-refractivity contribution in [2.45, 2.75) is 30.8 Å². The largest absolute Gasteiger partial charge is 0.471 e. The second-order valence-electron chi connectivity index (χ2n) is 5.74. The maximum absolute atomic E-state index is 14.1. The van der Waals surface area contributed by atoms with Crippen LogP contribution in [0.1, 0.15) is 19.0 Å². The van der Waals surface area contributed by atoms with Gasteiger partial charge in [-0.05, 0) is 25.0 Å². The zero-order valence-electron chi connectivity index (χ0n) is 13.8. The molecule has 0 saturated carbocycles.